The first-order valence-corrected chi connectivity index (χ1v) is 11.1. The highest BCUT2D eigenvalue weighted by Gasteiger charge is 2.18. The monoisotopic (exact) mass is 413 g/mol. The van der Waals surface area contributed by atoms with Crippen molar-refractivity contribution in [2.45, 2.75) is 71.4 Å². The molecule has 8 nitrogen and oxygen atoms in total. The zero-order valence-electron chi connectivity index (χ0n) is 19.2. The minimum absolute atomic E-state index is 0.113. The van der Waals surface area contributed by atoms with Crippen LogP contribution in [-0.4, -0.2) is 81.6 Å². The summed E-state index contributed by atoms with van der Waals surface area (Å²) < 4.78 is 10.7. The van der Waals surface area contributed by atoms with Gasteiger partial charge in [-0.25, -0.2) is 4.79 Å². The van der Waals surface area contributed by atoms with Crippen LogP contribution in [0.25, 0.3) is 0 Å². The summed E-state index contributed by atoms with van der Waals surface area (Å²) in [6.45, 7) is 14.1. The van der Waals surface area contributed by atoms with Gasteiger partial charge in [-0.2, -0.15) is 0 Å². The molecule has 0 spiro atoms. The van der Waals surface area contributed by atoms with Crippen molar-refractivity contribution < 1.29 is 14.3 Å². The summed E-state index contributed by atoms with van der Waals surface area (Å²) in [5.41, 5.74) is -0.491. The lowest BCUT2D eigenvalue weighted by Crippen LogP contribution is -2.49. The number of guanidine groups is 1. The van der Waals surface area contributed by atoms with Crippen LogP contribution in [0.1, 0.15) is 59.8 Å². The van der Waals surface area contributed by atoms with Gasteiger partial charge in [-0.1, -0.05) is 19.8 Å². The lowest BCUT2D eigenvalue weighted by Gasteiger charge is -2.26. The normalized spacial score (nSPS) is 16.9. The molecule has 170 valence electrons. The molecule has 8 heteroatoms. The van der Waals surface area contributed by atoms with Crippen LogP contribution in [0.4, 0.5) is 4.79 Å². The Balaban J connectivity index is 2.31. The van der Waals surface area contributed by atoms with Gasteiger partial charge >= 0.3 is 6.09 Å². The van der Waals surface area contributed by atoms with E-state index in [0.717, 1.165) is 77.5 Å². The average Bonchev–Trinajstić information content (AvgIpc) is 2.68. The Morgan fingerprint density at radius 3 is 2.52 bits per heavy atom. The maximum absolute atomic E-state index is 11.9. The quantitative estimate of drug-likeness (QED) is 0.274. The fourth-order valence-corrected chi connectivity index (χ4v) is 3.08. The fraction of sp³-hybridized carbons (Fsp3) is 0.905. The first kappa shape index (κ1) is 25.5. The molecule has 1 heterocycles. The van der Waals surface area contributed by atoms with Crippen molar-refractivity contribution in [2.75, 3.05) is 53.0 Å². The number of carbonyl (C=O) groups is 1. The molecule has 0 radical (unpaired) electrons. The van der Waals surface area contributed by atoms with E-state index >= 15 is 0 Å². The molecule has 29 heavy (non-hydrogen) atoms. The molecule has 3 N–H and O–H groups in total. The van der Waals surface area contributed by atoms with E-state index in [-0.39, 0.29) is 12.1 Å². The molecule has 0 aliphatic carbocycles. The van der Waals surface area contributed by atoms with E-state index in [1.54, 1.807) is 7.05 Å². The second kappa shape index (κ2) is 14.4. The average molecular weight is 414 g/mol. The number of nitrogens with one attached hydrogen (secondary N) is 3. The van der Waals surface area contributed by atoms with Gasteiger partial charge in [-0.05, 0) is 46.6 Å². The van der Waals surface area contributed by atoms with Crippen molar-refractivity contribution >= 4 is 12.1 Å². The number of rotatable bonds is 11. The number of hydrogen-bond donors (Lipinski definition) is 3. The van der Waals surface area contributed by atoms with Crippen LogP contribution in [-0.2, 0) is 9.47 Å². The summed E-state index contributed by atoms with van der Waals surface area (Å²) in [5.74, 6) is 0.781. The highest BCUT2D eigenvalue weighted by molar-refractivity contribution is 5.80. The van der Waals surface area contributed by atoms with E-state index in [4.69, 9.17) is 9.47 Å². The molecule has 0 aromatic rings. The number of amides is 1. The minimum atomic E-state index is -0.491. The predicted molar refractivity (Wildman–Crippen MR) is 119 cm³/mol. The molecule has 1 amide bonds. The van der Waals surface area contributed by atoms with E-state index in [1.807, 2.05) is 20.8 Å². The number of morpholine rings is 1. The van der Waals surface area contributed by atoms with Crippen LogP contribution in [0.2, 0.25) is 0 Å². The molecule has 0 aromatic heterocycles. The zero-order chi connectivity index (χ0) is 21.5. The van der Waals surface area contributed by atoms with Crippen molar-refractivity contribution in [2.24, 2.45) is 4.99 Å². The number of unbranched alkanes of at least 4 members (excludes halogenated alkanes) is 2. The van der Waals surface area contributed by atoms with E-state index < -0.39 is 5.60 Å². The summed E-state index contributed by atoms with van der Waals surface area (Å²) in [5, 5.41) is 9.70. The topological polar surface area (TPSA) is 87.2 Å². The number of nitrogens with zero attached hydrogens (tertiary/aromatic N) is 2. The van der Waals surface area contributed by atoms with Crippen molar-refractivity contribution in [1.82, 2.24) is 20.9 Å². The predicted octanol–water partition coefficient (Wildman–Crippen LogP) is 2.35. The number of carbonyl (C=O) groups excluding carboxylic acids is 1. The first-order valence-electron chi connectivity index (χ1n) is 11.1. The molecular weight excluding hydrogens is 370 g/mol. The third-order valence-corrected chi connectivity index (χ3v) is 4.66. The molecule has 0 saturated carbocycles. The lowest BCUT2D eigenvalue weighted by atomic mass is 10.1. The van der Waals surface area contributed by atoms with Gasteiger partial charge in [0.05, 0.1) is 13.2 Å². The second-order valence-electron chi connectivity index (χ2n) is 8.53. The Kier molecular flexibility index (Phi) is 12.7. The van der Waals surface area contributed by atoms with Crippen LogP contribution in [0.3, 0.4) is 0 Å². The number of ether oxygens (including phenoxy) is 2. The van der Waals surface area contributed by atoms with Crippen LogP contribution in [0.5, 0.6) is 0 Å². The molecule has 1 rings (SSSR count). The smallest absolute Gasteiger partial charge is 0.407 e. The van der Waals surface area contributed by atoms with E-state index in [0.29, 0.717) is 6.54 Å². The Morgan fingerprint density at radius 2 is 1.90 bits per heavy atom. The summed E-state index contributed by atoms with van der Waals surface area (Å²) in [4.78, 5) is 18.7. The molecular formula is C21H43N5O3. The van der Waals surface area contributed by atoms with Crippen molar-refractivity contribution in [1.29, 1.82) is 0 Å². The van der Waals surface area contributed by atoms with Gasteiger partial charge in [0.1, 0.15) is 5.60 Å². The standard InChI is InChI=1S/C21H43N5O3/c1-6-7-10-18(17-24-20(27)29-21(2,3)4)25-19(22-5)23-11-8-9-12-26-13-15-28-16-14-26/h18H,6-17H2,1-5H3,(H,24,27)(H2,22,23,25). The van der Waals surface area contributed by atoms with Gasteiger partial charge in [0.25, 0.3) is 0 Å². The summed E-state index contributed by atoms with van der Waals surface area (Å²) in [6.07, 6.45) is 5.02. The van der Waals surface area contributed by atoms with Gasteiger partial charge in [0, 0.05) is 39.3 Å². The molecule has 1 fully saturated rings. The molecule has 1 saturated heterocycles. The van der Waals surface area contributed by atoms with Crippen LogP contribution in [0.15, 0.2) is 4.99 Å². The van der Waals surface area contributed by atoms with Gasteiger partial charge in [-0.3, -0.25) is 9.89 Å². The molecule has 1 atom stereocenters. The van der Waals surface area contributed by atoms with Gasteiger partial charge in [0.2, 0.25) is 0 Å². The maximum Gasteiger partial charge on any atom is 0.407 e. The molecule has 1 unspecified atom stereocenters. The largest absolute Gasteiger partial charge is 0.444 e. The Morgan fingerprint density at radius 1 is 1.17 bits per heavy atom. The minimum Gasteiger partial charge on any atom is -0.444 e. The van der Waals surface area contributed by atoms with Gasteiger partial charge in [-0.15, -0.1) is 0 Å². The van der Waals surface area contributed by atoms with Crippen molar-refractivity contribution in [3.05, 3.63) is 0 Å². The van der Waals surface area contributed by atoms with E-state index in [2.05, 4.69) is 32.8 Å². The summed E-state index contributed by atoms with van der Waals surface area (Å²) >= 11 is 0. The van der Waals surface area contributed by atoms with Crippen LogP contribution in [0, 0.1) is 0 Å². The highest BCUT2D eigenvalue weighted by Crippen LogP contribution is 2.07. The Bertz CT molecular complexity index is 473. The van der Waals surface area contributed by atoms with Crippen molar-refractivity contribution in [3.8, 4) is 0 Å². The number of alkyl carbamates (subject to hydrolysis) is 1. The second-order valence-corrected chi connectivity index (χ2v) is 8.53. The molecule has 1 aliphatic rings. The maximum atomic E-state index is 11.9. The van der Waals surface area contributed by atoms with Gasteiger partial charge in [0.15, 0.2) is 5.96 Å². The third kappa shape index (κ3) is 13.3. The fourth-order valence-electron chi connectivity index (χ4n) is 3.08. The first-order chi connectivity index (χ1) is 13.8. The molecule has 0 aromatic carbocycles. The Labute approximate surface area is 177 Å². The number of hydrogen-bond acceptors (Lipinski definition) is 5. The third-order valence-electron chi connectivity index (χ3n) is 4.66. The summed E-state index contributed by atoms with van der Waals surface area (Å²) in [7, 11) is 1.78. The van der Waals surface area contributed by atoms with E-state index in [1.165, 1.54) is 0 Å². The van der Waals surface area contributed by atoms with Gasteiger partial charge < -0.3 is 25.4 Å². The van der Waals surface area contributed by atoms with Crippen molar-refractivity contribution in [3.63, 3.8) is 0 Å². The highest BCUT2D eigenvalue weighted by atomic mass is 16.6. The van der Waals surface area contributed by atoms with E-state index in [9.17, 15) is 4.79 Å². The zero-order valence-corrected chi connectivity index (χ0v) is 19.2. The molecule has 0 bridgehead atoms. The SMILES string of the molecule is CCCCC(CNC(=O)OC(C)(C)C)NC(=NC)NCCCCN1CCOCC1. The molecule has 1 aliphatic heterocycles. The lowest BCUT2D eigenvalue weighted by molar-refractivity contribution is 0.0372. The number of aliphatic imine (C=N–C) groups is 1. The summed E-state index contributed by atoms with van der Waals surface area (Å²) in [6, 6.07) is 0.113. The van der Waals surface area contributed by atoms with Crippen LogP contribution < -0.4 is 16.0 Å². The Hall–Kier alpha value is -1.54. The van der Waals surface area contributed by atoms with Crippen LogP contribution >= 0.6 is 0 Å².